The first-order valence-electron chi connectivity index (χ1n) is 7.20. The van der Waals surface area contributed by atoms with E-state index < -0.39 is 45.4 Å². The normalized spacial score (nSPS) is 15.6. The molecule has 136 valence electrons. The van der Waals surface area contributed by atoms with Gasteiger partial charge in [0.25, 0.3) is 5.91 Å². The highest BCUT2D eigenvalue weighted by Gasteiger charge is 2.32. The minimum absolute atomic E-state index is 0.129. The maximum Gasteiger partial charge on any atom is 0.341 e. The van der Waals surface area contributed by atoms with Crippen LogP contribution in [-0.2, 0) is 19.6 Å². The van der Waals surface area contributed by atoms with Crippen molar-refractivity contribution in [3.05, 3.63) is 29.6 Å². The molecule has 1 unspecified atom stereocenters. The highest BCUT2D eigenvalue weighted by molar-refractivity contribution is 7.89. The van der Waals surface area contributed by atoms with Crippen molar-refractivity contribution < 1.29 is 31.9 Å². The monoisotopic (exact) mass is 373 g/mol. The number of ether oxygens (including phenoxy) is 1. The Labute approximate surface area is 143 Å². The SMILES string of the molecule is CNS(=O)(=O)c1ccc(F)c(C(=O)OC(C)C(=O)N2CCNC2=O)c1. The summed E-state index contributed by atoms with van der Waals surface area (Å²) in [4.78, 5) is 36.1. The second-order valence-electron chi connectivity index (χ2n) is 5.12. The predicted molar refractivity (Wildman–Crippen MR) is 82.6 cm³/mol. The zero-order chi connectivity index (χ0) is 18.8. The Morgan fingerprint density at radius 3 is 2.64 bits per heavy atom. The Morgan fingerprint density at radius 2 is 2.08 bits per heavy atom. The summed E-state index contributed by atoms with van der Waals surface area (Å²) >= 11 is 0. The quantitative estimate of drug-likeness (QED) is 0.691. The number of esters is 1. The molecule has 1 heterocycles. The van der Waals surface area contributed by atoms with Crippen molar-refractivity contribution in [2.45, 2.75) is 17.9 Å². The van der Waals surface area contributed by atoms with Crippen LogP contribution >= 0.6 is 0 Å². The van der Waals surface area contributed by atoms with Crippen LogP contribution in [0.4, 0.5) is 9.18 Å². The van der Waals surface area contributed by atoms with Gasteiger partial charge in [-0.25, -0.2) is 27.1 Å². The fourth-order valence-electron chi connectivity index (χ4n) is 2.12. The van der Waals surface area contributed by atoms with Crippen molar-refractivity contribution in [2.24, 2.45) is 0 Å². The molecule has 0 aliphatic carbocycles. The number of urea groups is 1. The second-order valence-corrected chi connectivity index (χ2v) is 7.01. The van der Waals surface area contributed by atoms with E-state index in [1.54, 1.807) is 0 Å². The molecule has 1 saturated heterocycles. The number of hydrogen-bond donors (Lipinski definition) is 2. The van der Waals surface area contributed by atoms with Gasteiger partial charge < -0.3 is 10.1 Å². The molecule has 1 aromatic rings. The van der Waals surface area contributed by atoms with Gasteiger partial charge in [-0.2, -0.15) is 0 Å². The topological polar surface area (TPSA) is 122 Å². The average molecular weight is 373 g/mol. The number of halogens is 1. The van der Waals surface area contributed by atoms with Crippen molar-refractivity contribution >= 4 is 27.9 Å². The molecule has 2 rings (SSSR count). The van der Waals surface area contributed by atoms with Crippen molar-refractivity contribution in [1.29, 1.82) is 0 Å². The molecule has 1 fully saturated rings. The first kappa shape index (κ1) is 18.8. The second kappa shape index (κ2) is 7.15. The van der Waals surface area contributed by atoms with Crippen molar-refractivity contribution in [3.8, 4) is 0 Å². The number of imide groups is 1. The number of benzene rings is 1. The molecule has 9 nitrogen and oxygen atoms in total. The van der Waals surface area contributed by atoms with E-state index in [0.29, 0.717) is 0 Å². The highest BCUT2D eigenvalue weighted by Crippen LogP contribution is 2.17. The molecule has 11 heteroatoms. The molecule has 1 aliphatic rings. The standard InChI is InChI=1S/C14H16FN3O6S/c1-8(12(19)18-6-5-17-14(18)21)24-13(20)10-7-9(3-4-11(10)15)25(22,23)16-2/h3-4,7-8,16H,5-6H2,1-2H3,(H,17,21). The van der Waals surface area contributed by atoms with E-state index in [9.17, 15) is 27.2 Å². The Kier molecular flexibility index (Phi) is 5.38. The van der Waals surface area contributed by atoms with Gasteiger partial charge in [-0.3, -0.25) is 9.69 Å². The number of rotatable bonds is 5. The largest absolute Gasteiger partial charge is 0.449 e. The lowest BCUT2D eigenvalue weighted by molar-refractivity contribution is -0.136. The summed E-state index contributed by atoms with van der Waals surface area (Å²) in [5, 5.41) is 2.42. The molecule has 3 amide bonds. The number of nitrogens with zero attached hydrogens (tertiary/aromatic N) is 1. The molecule has 0 bridgehead atoms. The van der Waals surface area contributed by atoms with Gasteiger partial charge in [0.05, 0.1) is 10.5 Å². The Morgan fingerprint density at radius 1 is 1.40 bits per heavy atom. The van der Waals surface area contributed by atoms with Crippen LogP contribution in [0.25, 0.3) is 0 Å². The van der Waals surface area contributed by atoms with Gasteiger partial charge in [0.15, 0.2) is 6.10 Å². The summed E-state index contributed by atoms with van der Waals surface area (Å²) in [6, 6.07) is 1.99. The third-order valence-electron chi connectivity index (χ3n) is 3.49. The average Bonchev–Trinajstić information content (AvgIpc) is 3.00. The lowest BCUT2D eigenvalue weighted by Gasteiger charge is -2.18. The molecule has 0 spiro atoms. The molecule has 2 N–H and O–H groups in total. The van der Waals surface area contributed by atoms with E-state index in [0.717, 1.165) is 23.1 Å². The van der Waals surface area contributed by atoms with E-state index >= 15 is 0 Å². The Balaban J connectivity index is 2.19. The lowest BCUT2D eigenvalue weighted by Crippen LogP contribution is -2.41. The minimum Gasteiger partial charge on any atom is -0.449 e. The fourth-order valence-corrected chi connectivity index (χ4v) is 2.88. The summed E-state index contributed by atoms with van der Waals surface area (Å²) in [7, 11) is -2.72. The van der Waals surface area contributed by atoms with Crippen LogP contribution in [0.1, 0.15) is 17.3 Å². The third kappa shape index (κ3) is 3.94. The van der Waals surface area contributed by atoms with Gasteiger partial charge in [-0.15, -0.1) is 0 Å². The molecule has 0 saturated carbocycles. The number of carbonyl (C=O) groups excluding carboxylic acids is 3. The zero-order valence-corrected chi connectivity index (χ0v) is 14.2. The summed E-state index contributed by atoms with van der Waals surface area (Å²) in [6.45, 7) is 1.64. The van der Waals surface area contributed by atoms with Gasteiger partial charge in [0.2, 0.25) is 10.0 Å². The molecule has 0 radical (unpaired) electrons. The van der Waals surface area contributed by atoms with Crippen molar-refractivity contribution in [2.75, 3.05) is 20.1 Å². The van der Waals surface area contributed by atoms with E-state index in [1.807, 2.05) is 4.72 Å². The van der Waals surface area contributed by atoms with Crippen molar-refractivity contribution in [3.63, 3.8) is 0 Å². The molecule has 1 aromatic carbocycles. The van der Waals surface area contributed by atoms with E-state index in [2.05, 4.69) is 5.32 Å². The minimum atomic E-state index is -3.89. The first-order chi connectivity index (χ1) is 11.7. The maximum absolute atomic E-state index is 13.9. The van der Waals surface area contributed by atoms with Gasteiger partial charge in [-0.05, 0) is 32.2 Å². The number of hydrogen-bond acceptors (Lipinski definition) is 6. The maximum atomic E-state index is 13.9. The van der Waals surface area contributed by atoms with Gasteiger partial charge >= 0.3 is 12.0 Å². The van der Waals surface area contributed by atoms with E-state index in [-0.39, 0.29) is 18.0 Å². The zero-order valence-electron chi connectivity index (χ0n) is 13.4. The first-order valence-corrected chi connectivity index (χ1v) is 8.69. The van der Waals surface area contributed by atoms with Crippen LogP contribution in [0, 0.1) is 5.82 Å². The molecule has 25 heavy (non-hydrogen) atoms. The van der Waals surface area contributed by atoms with Crippen LogP contribution < -0.4 is 10.0 Å². The lowest BCUT2D eigenvalue weighted by atomic mass is 10.2. The van der Waals surface area contributed by atoms with Crippen LogP contribution in [0.15, 0.2) is 23.1 Å². The number of carbonyl (C=O) groups is 3. The van der Waals surface area contributed by atoms with Gasteiger partial charge in [0, 0.05) is 13.1 Å². The highest BCUT2D eigenvalue weighted by atomic mass is 32.2. The smallest absolute Gasteiger partial charge is 0.341 e. The predicted octanol–water partition coefficient (Wildman–Crippen LogP) is -0.169. The van der Waals surface area contributed by atoms with Gasteiger partial charge in [0.1, 0.15) is 5.82 Å². The van der Waals surface area contributed by atoms with Crippen LogP contribution in [0.5, 0.6) is 0 Å². The molecule has 1 aliphatic heterocycles. The Hall–Kier alpha value is -2.53. The molecule has 1 atom stereocenters. The van der Waals surface area contributed by atoms with Crippen LogP contribution in [0.3, 0.4) is 0 Å². The Bertz CT molecular complexity index is 826. The van der Waals surface area contributed by atoms with Crippen LogP contribution in [0.2, 0.25) is 0 Å². The number of nitrogens with one attached hydrogen (secondary N) is 2. The number of sulfonamides is 1. The molecule has 0 aromatic heterocycles. The number of amides is 3. The summed E-state index contributed by atoms with van der Waals surface area (Å²) in [5.41, 5.74) is -0.637. The van der Waals surface area contributed by atoms with E-state index in [4.69, 9.17) is 4.74 Å². The van der Waals surface area contributed by atoms with Gasteiger partial charge in [-0.1, -0.05) is 0 Å². The fraction of sp³-hybridized carbons (Fsp3) is 0.357. The molecular weight excluding hydrogens is 357 g/mol. The van der Waals surface area contributed by atoms with Crippen LogP contribution in [-0.4, -0.2) is 57.5 Å². The third-order valence-corrected chi connectivity index (χ3v) is 4.90. The van der Waals surface area contributed by atoms with Crippen molar-refractivity contribution in [1.82, 2.24) is 14.9 Å². The summed E-state index contributed by atoms with van der Waals surface area (Å²) in [5.74, 6) is -2.98. The summed E-state index contributed by atoms with van der Waals surface area (Å²) in [6.07, 6.45) is -1.35. The molecular formula is C14H16FN3O6S. The summed E-state index contributed by atoms with van der Waals surface area (Å²) < 4.78 is 44.2. The van der Waals surface area contributed by atoms with E-state index in [1.165, 1.54) is 14.0 Å².